The number of Topliss-reactive ketones (excluding diaryl/α,β-unsaturated/α-hetero) is 1. The van der Waals surface area contributed by atoms with Crippen LogP contribution in [0.25, 0.3) is 0 Å². The Balaban J connectivity index is 1.75. The molecule has 0 fully saturated rings. The van der Waals surface area contributed by atoms with Crippen LogP contribution < -0.4 is 5.32 Å². The molecule has 5 heteroatoms. The predicted octanol–water partition coefficient (Wildman–Crippen LogP) is 3.89. The Bertz CT molecular complexity index is 614. The molecular weight excluding hydrogens is 306 g/mol. The van der Waals surface area contributed by atoms with Crippen LogP contribution in [0.1, 0.15) is 10.4 Å². The highest BCUT2D eigenvalue weighted by Crippen LogP contribution is 2.13. The molecule has 0 aliphatic rings. The van der Waals surface area contributed by atoms with Crippen LogP contribution in [0.5, 0.6) is 0 Å². The third-order valence-electron chi connectivity index (χ3n) is 2.69. The number of carbonyl (C=O) groups excluding carboxylic acids is 2. The zero-order valence-corrected chi connectivity index (χ0v) is 12.8. The van der Waals surface area contributed by atoms with Crippen molar-refractivity contribution in [3.63, 3.8) is 0 Å². The summed E-state index contributed by atoms with van der Waals surface area (Å²) >= 11 is 7.06. The zero-order valence-electron chi connectivity index (χ0n) is 11.2. The van der Waals surface area contributed by atoms with Gasteiger partial charge in [0.05, 0.1) is 11.5 Å². The van der Waals surface area contributed by atoms with E-state index < -0.39 is 0 Å². The fourth-order valence-corrected chi connectivity index (χ4v) is 2.51. The first kappa shape index (κ1) is 15.6. The van der Waals surface area contributed by atoms with Gasteiger partial charge in [0.15, 0.2) is 5.78 Å². The molecule has 0 heterocycles. The van der Waals surface area contributed by atoms with E-state index in [1.165, 1.54) is 11.8 Å². The Labute approximate surface area is 132 Å². The van der Waals surface area contributed by atoms with Crippen molar-refractivity contribution in [2.24, 2.45) is 0 Å². The van der Waals surface area contributed by atoms with Crippen molar-refractivity contribution in [3.8, 4) is 0 Å². The van der Waals surface area contributed by atoms with Gasteiger partial charge in [-0.15, -0.1) is 11.8 Å². The Kier molecular flexibility index (Phi) is 5.84. The van der Waals surface area contributed by atoms with Crippen molar-refractivity contribution < 1.29 is 9.59 Å². The Morgan fingerprint density at radius 1 is 0.952 bits per heavy atom. The number of carbonyl (C=O) groups is 2. The van der Waals surface area contributed by atoms with Gasteiger partial charge in [-0.1, -0.05) is 29.8 Å². The molecule has 0 unspecified atom stereocenters. The lowest BCUT2D eigenvalue weighted by Gasteiger charge is -2.05. The summed E-state index contributed by atoms with van der Waals surface area (Å²) in [4.78, 5) is 23.6. The van der Waals surface area contributed by atoms with Crippen LogP contribution in [0.15, 0.2) is 54.6 Å². The van der Waals surface area contributed by atoms with Crippen molar-refractivity contribution in [1.82, 2.24) is 0 Å². The summed E-state index contributed by atoms with van der Waals surface area (Å²) in [6.07, 6.45) is 0. The summed E-state index contributed by atoms with van der Waals surface area (Å²) in [5.41, 5.74) is 1.36. The van der Waals surface area contributed by atoms with Crippen molar-refractivity contribution in [2.45, 2.75) is 0 Å². The molecule has 108 valence electrons. The van der Waals surface area contributed by atoms with Gasteiger partial charge in [-0.25, -0.2) is 0 Å². The Morgan fingerprint density at radius 3 is 2.29 bits per heavy atom. The molecule has 0 saturated carbocycles. The number of nitrogens with one attached hydrogen (secondary N) is 1. The SMILES string of the molecule is O=C(CSCC(=O)c1ccc(Cl)cc1)Nc1ccccc1. The minimum Gasteiger partial charge on any atom is -0.325 e. The Hall–Kier alpha value is -1.78. The molecule has 0 radical (unpaired) electrons. The fourth-order valence-electron chi connectivity index (χ4n) is 1.67. The molecule has 21 heavy (non-hydrogen) atoms. The topological polar surface area (TPSA) is 46.2 Å². The molecule has 0 aliphatic heterocycles. The summed E-state index contributed by atoms with van der Waals surface area (Å²) in [6, 6.07) is 16.0. The monoisotopic (exact) mass is 319 g/mol. The quantitative estimate of drug-likeness (QED) is 0.821. The minimum atomic E-state index is -0.116. The van der Waals surface area contributed by atoms with Crippen molar-refractivity contribution in [1.29, 1.82) is 0 Å². The standard InChI is InChI=1S/C16H14ClNO2S/c17-13-8-6-12(7-9-13)15(19)10-21-11-16(20)18-14-4-2-1-3-5-14/h1-9H,10-11H2,(H,18,20). The number of hydrogen-bond donors (Lipinski definition) is 1. The van der Waals surface area contributed by atoms with Gasteiger partial charge in [0.1, 0.15) is 0 Å². The largest absolute Gasteiger partial charge is 0.325 e. The first-order valence-electron chi connectivity index (χ1n) is 6.36. The van der Waals surface area contributed by atoms with Crippen LogP contribution in [0, 0.1) is 0 Å². The van der Waals surface area contributed by atoms with Crippen LogP contribution >= 0.6 is 23.4 Å². The van der Waals surface area contributed by atoms with Crippen molar-refractivity contribution in [2.75, 3.05) is 16.8 Å². The first-order chi connectivity index (χ1) is 10.1. The zero-order chi connectivity index (χ0) is 15.1. The number of amides is 1. The maximum atomic E-state index is 11.9. The lowest BCUT2D eigenvalue weighted by atomic mass is 10.1. The lowest BCUT2D eigenvalue weighted by molar-refractivity contribution is -0.113. The van der Waals surface area contributed by atoms with Gasteiger partial charge in [0.2, 0.25) is 5.91 Å². The lowest BCUT2D eigenvalue weighted by Crippen LogP contribution is -2.15. The van der Waals surface area contributed by atoms with Crippen molar-refractivity contribution in [3.05, 3.63) is 65.2 Å². The highest BCUT2D eigenvalue weighted by molar-refractivity contribution is 8.00. The van der Waals surface area contributed by atoms with Gasteiger partial charge in [-0.2, -0.15) is 0 Å². The number of ketones is 1. The average molecular weight is 320 g/mol. The number of halogens is 1. The fraction of sp³-hybridized carbons (Fsp3) is 0.125. The molecule has 0 atom stereocenters. The van der Waals surface area contributed by atoms with E-state index in [0.29, 0.717) is 10.6 Å². The maximum Gasteiger partial charge on any atom is 0.234 e. The molecule has 2 rings (SSSR count). The van der Waals surface area contributed by atoms with E-state index >= 15 is 0 Å². The second-order valence-corrected chi connectivity index (χ2v) is 5.76. The molecular formula is C16H14ClNO2S. The molecule has 0 saturated heterocycles. The van der Waals surface area contributed by atoms with Crippen LogP contribution in [0.4, 0.5) is 5.69 Å². The predicted molar refractivity (Wildman–Crippen MR) is 88.2 cm³/mol. The van der Waals surface area contributed by atoms with Crippen LogP contribution in [-0.4, -0.2) is 23.2 Å². The van der Waals surface area contributed by atoms with Crippen LogP contribution in [0.3, 0.4) is 0 Å². The molecule has 0 aromatic heterocycles. The van der Waals surface area contributed by atoms with E-state index in [1.807, 2.05) is 30.3 Å². The normalized spacial score (nSPS) is 10.1. The summed E-state index contributed by atoms with van der Waals surface area (Å²) in [5, 5.41) is 3.37. The highest BCUT2D eigenvalue weighted by atomic mass is 35.5. The molecule has 0 aliphatic carbocycles. The average Bonchev–Trinajstić information content (AvgIpc) is 2.49. The van der Waals surface area contributed by atoms with E-state index in [1.54, 1.807) is 24.3 Å². The van der Waals surface area contributed by atoms with E-state index in [-0.39, 0.29) is 23.2 Å². The third-order valence-corrected chi connectivity index (χ3v) is 3.87. The van der Waals surface area contributed by atoms with Gasteiger partial charge in [0.25, 0.3) is 0 Å². The highest BCUT2D eigenvalue weighted by Gasteiger charge is 2.08. The summed E-state index contributed by atoms with van der Waals surface area (Å²) in [6.45, 7) is 0. The minimum absolute atomic E-state index is 0.0100. The summed E-state index contributed by atoms with van der Waals surface area (Å²) in [7, 11) is 0. The molecule has 1 N–H and O–H groups in total. The van der Waals surface area contributed by atoms with E-state index in [4.69, 9.17) is 11.6 Å². The second kappa shape index (κ2) is 7.86. The smallest absolute Gasteiger partial charge is 0.234 e. The summed E-state index contributed by atoms with van der Waals surface area (Å²) < 4.78 is 0. The van der Waals surface area contributed by atoms with Gasteiger partial charge >= 0.3 is 0 Å². The van der Waals surface area contributed by atoms with Crippen LogP contribution in [-0.2, 0) is 4.79 Å². The molecule has 2 aromatic carbocycles. The molecule has 0 bridgehead atoms. The third kappa shape index (κ3) is 5.25. The molecule has 2 aromatic rings. The van der Waals surface area contributed by atoms with Gasteiger partial charge < -0.3 is 5.32 Å². The van der Waals surface area contributed by atoms with E-state index in [9.17, 15) is 9.59 Å². The van der Waals surface area contributed by atoms with E-state index in [0.717, 1.165) is 5.69 Å². The van der Waals surface area contributed by atoms with Gasteiger partial charge in [-0.3, -0.25) is 9.59 Å². The van der Waals surface area contributed by atoms with Crippen LogP contribution in [0.2, 0.25) is 5.02 Å². The molecule has 0 spiro atoms. The summed E-state index contributed by atoms with van der Waals surface area (Å²) in [5.74, 6) is 0.386. The number of thioether (sulfide) groups is 1. The van der Waals surface area contributed by atoms with E-state index in [2.05, 4.69) is 5.32 Å². The molecule has 3 nitrogen and oxygen atoms in total. The number of para-hydroxylation sites is 1. The number of rotatable bonds is 6. The van der Waals surface area contributed by atoms with Gasteiger partial charge in [0, 0.05) is 16.3 Å². The first-order valence-corrected chi connectivity index (χ1v) is 7.90. The maximum absolute atomic E-state index is 11.9. The Morgan fingerprint density at radius 2 is 1.62 bits per heavy atom. The number of anilines is 1. The second-order valence-electron chi connectivity index (χ2n) is 4.34. The number of benzene rings is 2. The van der Waals surface area contributed by atoms with Crippen molar-refractivity contribution >= 4 is 40.7 Å². The molecule has 1 amide bonds. The number of hydrogen-bond acceptors (Lipinski definition) is 3. The van der Waals surface area contributed by atoms with Gasteiger partial charge in [-0.05, 0) is 36.4 Å².